The van der Waals surface area contributed by atoms with Gasteiger partial charge in [0.1, 0.15) is 6.10 Å². The lowest BCUT2D eigenvalue weighted by Crippen LogP contribution is -2.61. The van der Waals surface area contributed by atoms with Crippen molar-refractivity contribution in [1.29, 1.82) is 0 Å². The number of halogens is 1. The second kappa shape index (κ2) is 6.12. The molecule has 1 aliphatic carbocycles. The van der Waals surface area contributed by atoms with E-state index in [1.165, 1.54) is 0 Å². The van der Waals surface area contributed by atoms with Crippen LogP contribution in [0.25, 0.3) is 0 Å². The van der Waals surface area contributed by atoms with Crippen LogP contribution in [0.5, 0.6) is 0 Å². The Balaban J connectivity index is 0.00000147. The van der Waals surface area contributed by atoms with Crippen LogP contribution in [0.3, 0.4) is 0 Å². The standard InChI is InChI=1S/C15H20N2O2.ClH/c16-15(7-4-8-15)14(18)17-9-10-19-13(11-17)12-5-2-1-3-6-12;/h1-3,5-6,13H,4,7-11,16H2;1H. The predicted molar refractivity (Wildman–Crippen MR) is 79.7 cm³/mol. The van der Waals surface area contributed by atoms with Crippen LogP contribution >= 0.6 is 12.4 Å². The molecule has 1 atom stereocenters. The Hall–Kier alpha value is -1.10. The number of carbonyl (C=O) groups excluding carboxylic acids is 1. The van der Waals surface area contributed by atoms with E-state index < -0.39 is 5.54 Å². The Morgan fingerprint density at radius 2 is 2.00 bits per heavy atom. The van der Waals surface area contributed by atoms with E-state index in [2.05, 4.69) is 0 Å². The molecule has 1 saturated heterocycles. The van der Waals surface area contributed by atoms with Crippen molar-refractivity contribution in [3.05, 3.63) is 35.9 Å². The van der Waals surface area contributed by atoms with Gasteiger partial charge in [-0.1, -0.05) is 30.3 Å². The van der Waals surface area contributed by atoms with Crippen LogP contribution in [0.1, 0.15) is 30.9 Å². The molecule has 5 heteroatoms. The molecule has 1 aromatic rings. The Kier molecular flexibility index (Phi) is 4.68. The zero-order valence-corrected chi connectivity index (χ0v) is 12.3. The average Bonchev–Trinajstić information content (AvgIpc) is 2.45. The topological polar surface area (TPSA) is 55.6 Å². The number of nitrogens with two attached hydrogens (primary N) is 1. The van der Waals surface area contributed by atoms with Gasteiger partial charge in [-0.05, 0) is 24.8 Å². The first kappa shape index (κ1) is 15.3. The smallest absolute Gasteiger partial charge is 0.242 e. The maximum atomic E-state index is 12.4. The molecule has 0 radical (unpaired) electrons. The SMILES string of the molecule is Cl.NC1(C(=O)N2CCOC(c3ccccc3)C2)CCC1. The number of rotatable bonds is 2. The van der Waals surface area contributed by atoms with E-state index in [0.717, 1.165) is 24.8 Å². The van der Waals surface area contributed by atoms with Crippen molar-refractivity contribution in [2.75, 3.05) is 19.7 Å². The number of hydrogen-bond acceptors (Lipinski definition) is 3. The Labute approximate surface area is 125 Å². The normalized spacial score (nSPS) is 24.4. The molecule has 2 fully saturated rings. The van der Waals surface area contributed by atoms with Crippen molar-refractivity contribution in [3.63, 3.8) is 0 Å². The number of benzene rings is 1. The first-order chi connectivity index (χ1) is 9.19. The number of hydrogen-bond donors (Lipinski definition) is 1. The van der Waals surface area contributed by atoms with Crippen molar-refractivity contribution in [2.45, 2.75) is 30.9 Å². The zero-order valence-electron chi connectivity index (χ0n) is 11.5. The molecule has 0 spiro atoms. The van der Waals surface area contributed by atoms with Gasteiger partial charge in [-0.3, -0.25) is 4.79 Å². The van der Waals surface area contributed by atoms with Gasteiger partial charge in [0.15, 0.2) is 0 Å². The number of amides is 1. The van der Waals surface area contributed by atoms with Crippen LogP contribution in [-0.4, -0.2) is 36.0 Å². The van der Waals surface area contributed by atoms with E-state index >= 15 is 0 Å². The van der Waals surface area contributed by atoms with Gasteiger partial charge in [0, 0.05) is 6.54 Å². The summed E-state index contributed by atoms with van der Waals surface area (Å²) >= 11 is 0. The molecule has 2 aliphatic rings. The summed E-state index contributed by atoms with van der Waals surface area (Å²) in [5.74, 6) is 0.1000. The summed E-state index contributed by atoms with van der Waals surface area (Å²) in [5, 5.41) is 0. The summed E-state index contributed by atoms with van der Waals surface area (Å²) in [5.41, 5.74) is 6.66. The fourth-order valence-corrected chi connectivity index (χ4v) is 2.79. The van der Waals surface area contributed by atoms with E-state index in [4.69, 9.17) is 10.5 Å². The number of morpholine rings is 1. The predicted octanol–water partition coefficient (Wildman–Crippen LogP) is 1.89. The van der Waals surface area contributed by atoms with Crippen LogP contribution in [0, 0.1) is 0 Å². The molecule has 2 N–H and O–H groups in total. The molecule has 4 nitrogen and oxygen atoms in total. The third kappa shape index (κ3) is 2.82. The monoisotopic (exact) mass is 296 g/mol. The molecular formula is C15H21ClN2O2. The van der Waals surface area contributed by atoms with Gasteiger partial charge in [0.2, 0.25) is 5.91 Å². The van der Waals surface area contributed by atoms with Crippen molar-refractivity contribution in [3.8, 4) is 0 Å². The quantitative estimate of drug-likeness (QED) is 0.907. The Bertz CT molecular complexity index is 462. The summed E-state index contributed by atoms with van der Waals surface area (Å²) in [6.45, 7) is 1.85. The molecule has 3 rings (SSSR count). The summed E-state index contributed by atoms with van der Waals surface area (Å²) < 4.78 is 5.77. The second-order valence-corrected chi connectivity index (χ2v) is 5.53. The van der Waals surface area contributed by atoms with Gasteiger partial charge in [-0.15, -0.1) is 12.4 Å². The van der Waals surface area contributed by atoms with Crippen LogP contribution in [0.4, 0.5) is 0 Å². The summed E-state index contributed by atoms with van der Waals surface area (Å²) in [4.78, 5) is 14.3. The Morgan fingerprint density at radius 1 is 1.30 bits per heavy atom. The largest absolute Gasteiger partial charge is 0.370 e. The lowest BCUT2D eigenvalue weighted by Gasteiger charge is -2.43. The highest BCUT2D eigenvalue weighted by Crippen LogP contribution is 2.32. The van der Waals surface area contributed by atoms with Gasteiger partial charge >= 0.3 is 0 Å². The maximum Gasteiger partial charge on any atom is 0.242 e. The van der Waals surface area contributed by atoms with Crippen LogP contribution in [-0.2, 0) is 9.53 Å². The first-order valence-electron chi connectivity index (χ1n) is 6.94. The molecule has 1 amide bonds. The highest BCUT2D eigenvalue weighted by atomic mass is 35.5. The van der Waals surface area contributed by atoms with Gasteiger partial charge < -0.3 is 15.4 Å². The van der Waals surface area contributed by atoms with E-state index in [9.17, 15) is 4.79 Å². The van der Waals surface area contributed by atoms with E-state index in [1.807, 2.05) is 35.2 Å². The van der Waals surface area contributed by atoms with Crippen LogP contribution < -0.4 is 5.73 Å². The van der Waals surface area contributed by atoms with Gasteiger partial charge in [-0.2, -0.15) is 0 Å². The average molecular weight is 297 g/mol. The maximum absolute atomic E-state index is 12.4. The fraction of sp³-hybridized carbons (Fsp3) is 0.533. The molecular weight excluding hydrogens is 276 g/mol. The van der Waals surface area contributed by atoms with E-state index in [-0.39, 0.29) is 24.4 Å². The molecule has 110 valence electrons. The highest BCUT2D eigenvalue weighted by Gasteiger charge is 2.43. The van der Waals surface area contributed by atoms with E-state index in [0.29, 0.717) is 19.7 Å². The van der Waals surface area contributed by atoms with Gasteiger partial charge in [0.25, 0.3) is 0 Å². The third-order valence-electron chi connectivity index (χ3n) is 4.20. The molecule has 1 aromatic carbocycles. The third-order valence-corrected chi connectivity index (χ3v) is 4.20. The minimum atomic E-state index is -0.599. The van der Waals surface area contributed by atoms with Crippen molar-refractivity contribution in [2.24, 2.45) is 5.73 Å². The summed E-state index contributed by atoms with van der Waals surface area (Å²) in [6, 6.07) is 10.1. The lowest BCUT2D eigenvalue weighted by molar-refractivity contribution is -0.148. The fourth-order valence-electron chi connectivity index (χ4n) is 2.79. The van der Waals surface area contributed by atoms with Crippen molar-refractivity contribution >= 4 is 18.3 Å². The zero-order chi connectivity index (χ0) is 13.3. The van der Waals surface area contributed by atoms with Crippen molar-refractivity contribution in [1.82, 2.24) is 4.90 Å². The molecule has 1 saturated carbocycles. The minimum absolute atomic E-state index is 0. The number of nitrogens with zero attached hydrogens (tertiary/aromatic N) is 1. The first-order valence-corrected chi connectivity index (χ1v) is 6.94. The molecule has 20 heavy (non-hydrogen) atoms. The number of carbonyl (C=O) groups is 1. The minimum Gasteiger partial charge on any atom is -0.370 e. The highest BCUT2D eigenvalue weighted by molar-refractivity contribution is 5.87. The van der Waals surface area contributed by atoms with Crippen LogP contribution in [0.15, 0.2) is 30.3 Å². The van der Waals surface area contributed by atoms with Crippen molar-refractivity contribution < 1.29 is 9.53 Å². The molecule has 0 aromatic heterocycles. The molecule has 1 heterocycles. The number of ether oxygens (including phenoxy) is 1. The van der Waals surface area contributed by atoms with Crippen LogP contribution in [0.2, 0.25) is 0 Å². The molecule has 1 aliphatic heterocycles. The molecule has 0 bridgehead atoms. The lowest BCUT2D eigenvalue weighted by atomic mass is 9.76. The molecule has 1 unspecified atom stereocenters. The summed E-state index contributed by atoms with van der Waals surface area (Å²) in [6.07, 6.45) is 2.68. The Morgan fingerprint density at radius 3 is 2.60 bits per heavy atom. The second-order valence-electron chi connectivity index (χ2n) is 5.53. The van der Waals surface area contributed by atoms with Gasteiger partial charge in [0.05, 0.1) is 18.7 Å². The summed E-state index contributed by atoms with van der Waals surface area (Å²) in [7, 11) is 0. The van der Waals surface area contributed by atoms with Gasteiger partial charge in [-0.25, -0.2) is 0 Å². The van der Waals surface area contributed by atoms with E-state index in [1.54, 1.807) is 0 Å².